The molecule has 0 radical (unpaired) electrons. The monoisotopic (exact) mass is 284 g/mol. The van der Waals surface area contributed by atoms with Crippen LogP contribution < -0.4 is 0 Å². The van der Waals surface area contributed by atoms with Crippen molar-refractivity contribution in [1.82, 2.24) is 19.7 Å². The highest BCUT2D eigenvalue weighted by atomic mass is 16.2. The van der Waals surface area contributed by atoms with Gasteiger partial charge in [-0.15, -0.1) is 0 Å². The number of hydrogen-bond acceptors (Lipinski definition) is 3. The lowest BCUT2D eigenvalue weighted by Crippen LogP contribution is -2.30. The van der Waals surface area contributed by atoms with Gasteiger partial charge in [0.25, 0.3) is 0 Å². The smallest absolute Gasteiger partial charge is 0.222 e. The number of pyridine rings is 1. The summed E-state index contributed by atoms with van der Waals surface area (Å²) < 4.78 is 2.03. The van der Waals surface area contributed by atoms with Gasteiger partial charge in [0.05, 0.1) is 17.9 Å². The van der Waals surface area contributed by atoms with E-state index in [4.69, 9.17) is 0 Å². The van der Waals surface area contributed by atoms with Crippen molar-refractivity contribution >= 4 is 5.91 Å². The first-order chi connectivity index (χ1) is 10.3. The molecule has 0 aliphatic carbocycles. The van der Waals surface area contributed by atoms with E-state index >= 15 is 0 Å². The first-order valence-electron chi connectivity index (χ1n) is 7.53. The molecule has 3 heterocycles. The van der Waals surface area contributed by atoms with Crippen LogP contribution in [0.25, 0.3) is 11.3 Å². The van der Waals surface area contributed by atoms with Crippen molar-refractivity contribution in [3.05, 3.63) is 36.3 Å². The van der Waals surface area contributed by atoms with Gasteiger partial charge in [0.1, 0.15) is 0 Å². The van der Waals surface area contributed by atoms with Gasteiger partial charge in [0, 0.05) is 37.5 Å². The van der Waals surface area contributed by atoms with Crippen molar-refractivity contribution in [2.24, 2.45) is 0 Å². The SMILES string of the molecule is CCCC(=O)N1CCCn2nc(-c3cccnc3)cc2C1. The standard InChI is InChI=1S/C16H20N4O/c1-2-5-16(21)19-8-4-9-20-14(12-19)10-15(18-20)13-6-3-7-17-11-13/h3,6-7,10-11H,2,4-5,8-9,12H2,1H3. The molecule has 0 saturated carbocycles. The third-order valence-electron chi connectivity index (χ3n) is 3.79. The van der Waals surface area contributed by atoms with E-state index in [9.17, 15) is 4.79 Å². The molecule has 1 amide bonds. The number of hydrogen-bond donors (Lipinski definition) is 0. The van der Waals surface area contributed by atoms with E-state index in [1.54, 1.807) is 6.20 Å². The Morgan fingerprint density at radius 1 is 1.38 bits per heavy atom. The van der Waals surface area contributed by atoms with Crippen LogP contribution in [-0.4, -0.2) is 32.1 Å². The largest absolute Gasteiger partial charge is 0.337 e. The minimum atomic E-state index is 0.245. The van der Waals surface area contributed by atoms with Crippen LogP contribution in [0.15, 0.2) is 30.6 Å². The third kappa shape index (κ3) is 2.96. The first-order valence-corrected chi connectivity index (χ1v) is 7.53. The second kappa shape index (κ2) is 6.08. The van der Waals surface area contributed by atoms with Gasteiger partial charge in [0.2, 0.25) is 5.91 Å². The zero-order valence-electron chi connectivity index (χ0n) is 12.3. The van der Waals surface area contributed by atoms with Gasteiger partial charge < -0.3 is 4.90 Å². The summed E-state index contributed by atoms with van der Waals surface area (Å²) in [5.74, 6) is 0.245. The van der Waals surface area contributed by atoms with E-state index in [-0.39, 0.29) is 5.91 Å². The average Bonchev–Trinajstić information content (AvgIpc) is 2.80. The van der Waals surface area contributed by atoms with Crippen LogP contribution in [0, 0.1) is 0 Å². The van der Waals surface area contributed by atoms with Gasteiger partial charge in [-0.3, -0.25) is 14.5 Å². The predicted molar refractivity (Wildman–Crippen MR) is 80.4 cm³/mol. The van der Waals surface area contributed by atoms with Crippen LogP contribution in [0.3, 0.4) is 0 Å². The van der Waals surface area contributed by atoms with Gasteiger partial charge >= 0.3 is 0 Å². The third-order valence-corrected chi connectivity index (χ3v) is 3.79. The highest BCUT2D eigenvalue weighted by Gasteiger charge is 2.20. The molecular formula is C16H20N4O. The minimum absolute atomic E-state index is 0.245. The van der Waals surface area contributed by atoms with E-state index in [0.717, 1.165) is 42.9 Å². The summed E-state index contributed by atoms with van der Waals surface area (Å²) in [7, 11) is 0. The number of fused-ring (bicyclic) bond motifs is 1. The Kier molecular flexibility index (Phi) is 3.99. The maximum Gasteiger partial charge on any atom is 0.222 e. The highest BCUT2D eigenvalue weighted by Crippen LogP contribution is 2.21. The Bertz CT molecular complexity index is 620. The van der Waals surface area contributed by atoms with E-state index in [2.05, 4.69) is 16.1 Å². The molecule has 3 rings (SSSR count). The number of aromatic nitrogens is 3. The Balaban J connectivity index is 1.84. The molecule has 5 heteroatoms. The van der Waals surface area contributed by atoms with Crippen LogP contribution in [0.4, 0.5) is 0 Å². The number of nitrogens with zero attached hydrogens (tertiary/aromatic N) is 4. The van der Waals surface area contributed by atoms with Gasteiger partial charge in [0.15, 0.2) is 0 Å². The molecule has 2 aromatic heterocycles. The Morgan fingerprint density at radius 3 is 3.05 bits per heavy atom. The molecule has 0 aromatic carbocycles. The number of aryl methyl sites for hydroxylation is 1. The van der Waals surface area contributed by atoms with Crippen LogP contribution in [0.5, 0.6) is 0 Å². The molecule has 0 N–H and O–H groups in total. The summed E-state index contributed by atoms with van der Waals surface area (Å²) in [4.78, 5) is 18.2. The highest BCUT2D eigenvalue weighted by molar-refractivity contribution is 5.76. The summed E-state index contributed by atoms with van der Waals surface area (Å²) in [5, 5.41) is 4.66. The molecule has 5 nitrogen and oxygen atoms in total. The Hall–Kier alpha value is -2.17. The summed E-state index contributed by atoms with van der Waals surface area (Å²) in [6.07, 6.45) is 6.06. The van der Waals surface area contributed by atoms with Gasteiger partial charge in [-0.2, -0.15) is 5.10 Å². The first kappa shape index (κ1) is 13.8. The zero-order chi connectivity index (χ0) is 14.7. The van der Waals surface area contributed by atoms with Crippen molar-refractivity contribution in [3.63, 3.8) is 0 Å². The summed E-state index contributed by atoms with van der Waals surface area (Å²) in [5.41, 5.74) is 3.06. The van der Waals surface area contributed by atoms with Crippen LogP contribution in [-0.2, 0) is 17.9 Å². The molecule has 0 bridgehead atoms. The fourth-order valence-corrected chi connectivity index (χ4v) is 2.70. The lowest BCUT2D eigenvalue weighted by molar-refractivity contribution is -0.131. The van der Waals surface area contributed by atoms with Crippen molar-refractivity contribution in [2.45, 2.75) is 39.3 Å². The molecule has 21 heavy (non-hydrogen) atoms. The number of carbonyl (C=O) groups excluding carboxylic acids is 1. The van der Waals surface area contributed by atoms with Crippen LogP contribution in [0.1, 0.15) is 31.9 Å². The van der Waals surface area contributed by atoms with E-state index in [1.807, 2.05) is 34.8 Å². The number of rotatable bonds is 3. The van der Waals surface area contributed by atoms with Gasteiger partial charge in [-0.05, 0) is 31.0 Å². The number of carbonyl (C=O) groups is 1. The topological polar surface area (TPSA) is 51.0 Å². The van der Waals surface area contributed by atoms with E-state index in [1.165, 1.54) is 0 Å². The van der Waals surface area contributed by atoms with Crippen molar-refractivity contribution in [2.75, 3.05) is 6.54 Å². The molecule has 2 aromatic rings. The molecule has 0 fully saturated rings. The lowest BCUT2D eigenvalue weighted by atomic mass is 10.2. The molecule has 110 valence electrons. The van der Waals surface area contributed by atoms with E-state index < -0.39 is 0 Å². The summed E-state index contributed by atoms with van der Waals surface area (Å²) in [6.45, 7) is 4.39. The van der Waals surface area contributed by atoms with Crippen LogP contribution in [0.2, 0.25) is 0 Å². The molecule has 0 saturated heterocycles. The zero-order valence-corrected chi connectivity index (χ0v) is 12.3. The van der Waals surface area contributed by atoms with Gasteiger partial charge in [-0.1, -0.05) is 6.92 Å². The van der Waals surface area contributed by atoms with Crippen molar-refractivity contribution in [3.8, 4) is 11.3 Å². The molecule has 0 atom stereocenters. The Morgan fingerprint density at radius 2 is 2.29 bits per heavy atom. The van der Waals surface area contributed by atoms with Crippen molar-refractivity contribution in [1.29, 1.82) is 0 Å². The maximum absolute atomic E-state index is 12.1. The average molecular weight is 284 g/mol. The molecular weight excluding hydrogens is 264 g/mol. The summed E-state index contributed by atoms with van der Waals surface area (Å²) in [6, 6.07) is 6.00. The number of amides is 1. The minimum Gasteiger partial charge on any atom is -0.337 e. The fraction of sp³-hybridized carbons (Fsp3) is 0.438. The van der Waals surface area contributed by atoms with Crippen LogP contribution >= 0.6 is 0 Å². The quantitative estimate of drug-likeness (QED) is 0.870. The predicted octanol–water partition coefficient (Wildman–Crippen LogP) is 2.48. The van der Waals surface area contributed by atoms with Crippen molar-refractivity contribution < 1.29 is 4.79 Å². The molecule has 0 spiro atoms. The Labute approximate surface area is 124 Å². The molecule has 0 unspecified atom stereocenters. The summed E-state index contributed by atoms with van der Waals surface area (Å²) >= 11 is 0. The second-order valence-electron chi connectivity index (χ2n) is 5.40. The molecule has 1 aliphatic rings. The fourth-order valence-electron chi connectivity index (χ4n) is 2.70. The molecule has 1 aliphatic heterocycles. The maximum atomic E-state index is 12.1. The van der Waals surface area contributed by atoms with E-state index in [0.29, 0.717) is 13.0 Å². The lowest BCUT2D eigenvalue weighted by Gasteiger charge is -2.19. The normalized spacial score (nSPS) is 14.6. The second-order valence-corrected chi connectivity index (χ2v) is 5.40. The van der Waals surface area contributed by atoms with Gasteiger partial charge in [-0.25, -0.2) is 0 Å².